The van der Waals surface area contributed by atoms with Gasteiger partial charge in [0.1, 0.15) is 12.2 Å². The molecule has 1 rings (SSSR count). The van der Waals surface area contributed by atoms with Crippen LogP contribution in [0.5, 0.6) is 0 Å². The van der Waals surface area contributed by atoms with Crippen LogP contribution < -0.4 is 0 Å². The summed E-state index contributed by atoms with van der Waals surface area (Å²) >= 11 is 0. The normalized spacial score (nSPS) is 20.9. The van der Waals surface area contributed by atoms with Crippen molar-refractivity contribution in [1.29, 1.82) is 0 Å². The predicted molar refractivity (Wildman–Crippen MR) is 88.1 cm³/mol. The summed E-state index contributed by atoms with van der Waals surface area (Å²) in [6.45, 7) is 13.2. The molecule has 0 heterocycles. The second kappa shape index (κ2) is 7.11. The van der Waals surface area contributed by atoms with Gasteiger partial charge in [0.2, 0.25) is 0 Å². The Labute approximate surface area is 126 Å². The van der Waals surface area contributed by atoms with E-state index < -0.39 is 14.4 Å². The first-order chi connectivity index (χ1) is 9.13. The zero-order valence-electron chi connectivity index (χ0n) is 14.1. The van der Waals surface area contributed by atoms with Crippen molar-refractivity contribution in [3.8, 4) is 11.8 Å². The van der Waals surface area contributed by atoms with Gasteiger partial charge in [-0.05, 0) is 43.8 Å². The Hall–Kier alpha value is -0.303. The van der Waals surface area contributed by atoms with Crippen LogP contribution in [0.25, 0.3) is 0 Å². The fourth-order valence-electron chi connectivity index (χ4n) is 2.42. The lowest BCUT2D eigenvalue weighted by molar-refractivity contribution is 0.132. The monoisotopic (exact) mass is 296 g/mol. The lowest BCUT2D eigenvalue weighted by Gasteiger charge is -2.37. The third-order valence-electron chi connectivity index (χ3n) is 4.81. The molecule has 0 aromatic rings. The molecule has 0 radical (unpaired) electrons. The average molecular weight is 297 g/mol. The molecule has 2 atom stereocenters. The highest BCUT2D eigenvalue weighted by Crippen LogP contribution is 2.37. The quantitative estimate of drug-likeness (QED) is 0.620. The Balaban J connectivity index is 2.53. The average Bonchev–Trinajstić information content (AvgIpc) is 2.35. The summed E-state index contributed by atoms with van der Waals surface area (Å²) < 4.78 is 6.19. The molecule has 20 heavy (non-hydrogen) atoms. The van der Waals surface area contributed by atoms with Crippen LogP contribution in [-0.4, -0.2) is 25.6 Å². The highest BCUT2D eigenvalue weighted by molar-refractivity contribution is 6.74. The van der Waals surface area contributed by atoms with E-state index >= 15 is 0 Å². The zero-order valence-corrected chi connectivity index (χ0v) is 15.1. The summed E-state index contributed by atoms with van der Waals surface area (Å²) in [5, 5.41) is 10.4. The zero-order chi connectivity index (χ0) is 15.4. The molecule has 0 bridgehead atoms. The largest absolute Gasteiger partial charge is 0.404 e. The van der Waals surface area contributed by atoms with E-state index in [-0.39, 0.29) is 11.1 Å². The number of hydrogen-bond donors (Lipinski definition) is 1. The molecule has 1 saturated carbocycles. The Morgan fingerprint density at radius 1 is 1.10 bits per heavy atom. The van der Waals surface area contributed by atoms with Crippen LogP contribution in [0.15, 0.2) is 0 Å². The first kappa shape index (κ1) is 17.7. The lowest BCUT2D eigenvalue weighted by Crippen LogP contribution is -2.43. The second-order valence-electron chi connectivity index (χ2n) is 7.65. The second-order valence-corrected chi connectivity index (χ2v) is 12.4. The van der Waals surface area contributed by atoms with Gasteiger partial charge < -0.3 is 9.53 Å². The first-order valence-corrected chi connectivity index (χ1v) is 10.9. The summed E-state index contributed by atoms with van der Waals surface area (Å²) in [6, 6.07) is 0. The summed E-state index contributed by atoms with van der Waals surface area (Å²) in [4.78, 5) is 0. The molecular formula is C17H32O2Si. The van der Waals surface area contributed by atoms with Crippen LogP contribution in [0.2, 0.25) is 18.1 Å². The van der Waals surface area contributed by atoms with Crippen LogP contribution in [0.1, 0.15) is 59.8 Å². The van der Waals surface area contributed by atoms with Gasteiger partial charge in [-0.25, -0.2) is 0 Å². The van der Waals surface area contributed by atoms with E-state index in [9.17, 15) is 5.11 Å². The van der Waals surface area contributed by atoms with Gasteiger partial charge in [-0.15, -0.1) is 0 Å². The third-order valence-corrected chi connectivity index (χ3v) is 9.36. The minimum Gasteiger partial charge on any atom is -0.404 e. The standard InChI is InChI=1S/C17H32O2Si/c1-14(19-20(5,6)17(2,3)4)12-13-16(18)15-10-8-7-9-11-15/h14-16,18H,7-11H2,1-6H3/t14-,16-/m0/s1. The number of aliphatic hydroxyl groups excluding tert-OH is 1. The minimum atomic E-state index is -1.76. The number of rotatable bonds is 3. The molecule has 0 aromatic carbocycles. The molecule has 0 aromatic heterocycles. The van der Waals surface area contributed by atoms with E-state index in [1.54, 1.807) is 0 Å². The van der Waals surface area contributed by atoms with E-state index in [2.05, 4.69) is 45.7 Å². The van der Waals surface area contributed by atoms with Crippen molar-refractivity contribution in [3.05, 3.63) is 0 Å². The number of aliphatic hydroxyl groups is 1. The van der Waals surface area contributed by atoms with Crippen molar-refractivity contribution in [1.82, 2.24) is 0 Å². The van der Waals surface area contributed by atoms with Gasteiger partial charge in [-0.2, -0.15) is 0 Å². The molecule has 2 nitrogen and oxygen atoms in total. The lowest BCUT2D eigenvalue weighted by atomic mass is 9.85. The van der Waals surface area contributed by atoms with Gasteiger partial charge in [0.05, 0.1) is 0 Å². The van der Waals surface area contributed by atoms with E-state index in [4.69, 9.17) is 4.43 Å². The van der Waals surface area contributed by atoms with Gasteiger partial charge in [0, 0.05) is 0 Å². The highest BCUT2D eigenvalue weighted by atomic mass is 28.4. The molecule has 1 N–H and O–H groups in total. The summed E-state index contributed by atoms with van der Waals surface area (Å²) in [5.74, 6) is 6.52. The molecule has 1 aliphatic carbocycles. The fraction of sp³-hybridized carbons (Fsp3) is 0.882. The summed E-state index contributed by atoms with van der Waals surface area (Å²) in [5.41, 5.74) is 0. The maximum atomic E-state index is 10.2. The summed E-state index contributed by atoms with van der Waals surface area (Å²) in [7, 11) is -1.76. The van der Waals surface area contributed by atoms with Gasteiger partial charge >= 0.3 is 0 Å². The molecule has 116 valence electrons. The molecule has 0 unspecified atom stereocenters. The molecule has 1 aliphatic rings. The molecule has 0 spiro atoms. The fourth-order valence-corrected chi connectivity index (χ4v) is 3.72. The molecule has 0 saturated heterocycles. The van der Waals surface area contributed by atoms with E-state index in [0.29, 0.717) is 5.92 Å². The Morgan fingerprint density at radius 3 is 2.15 bits per heavy atom. The van der Waals surface area contributed by atoms with Crippen LogP contribution in [0.4, 0.5) is 0 Å². The van der Waals surface area contributed by atoms with Gasteiger partial charge in [0.15, 0.2) is 8.32 Å². The predicted octanol–water partition coefficient (Wildman–Crippen LogP) is 4.34. The molecule has 3 heteroatoms. The maximum Gasteiger partial charge on any atom is 0.193 e. The topological polar surface area (TPSA) is 29.5 Å². The molecule has 0 aliphatic heterocycles. The van der Waals surface area contributed by atoms with Crippen molar-refractivity contribution in [2.75, 3.05) is 0 Å². The van der Waals surface area contributed by atoms with Crippen molar-refractivity contribution >= 4 is 8.32 Å². The Morgan fingerprint density at radius 2 is 1.65 bits per heavy atom. The molecular weight excluding hydrogens is 264 g/mol. The maximum absolute atomic E-state index is 10.2. The van der Waals surface area contributed by atoms with Gasteiger partial charge in [-0.1, -0.05) is 51.9 Å². The Bertz CT molecular complexity index is 353. The smallest absolute Gasteiger partial charge is 0.193 e. The van der Waals surface area contributed by atoms with Crippen molar-refractivity contribution in [2.45, 2.75) is 90.1 Å². The summed E-state index contributed by atoms with van der Waals surface area (Å²) in [6.07, 6.45) is 5.45. The van der Waals surface area contributed by atoms with Crippen molar-refractivity contribution < 1.29 is 9.53 Å². The minimum absolute atomic E-state index is 0.0888. The van der Waals surface area contributed by atoms with Crippen LogP contribution in [0, 0.1) is 17.8 Å². The Kier molecular flexibility index (Phi) is 6.31. The van der Waals surface area contributed by atoms with Crippen LogP contribution >= 0.6 is 0 Å². The van der Waals surface area contributed by atoms with Gasteiger partial charge in [0.25, 0.3) is 0 Å². The van der Waals surface area contributed by atoms with Gasteiger partial charge in [-0.3, -0.25) is 0 Å². The molecule has 1 fully saturated rings. The first-order valence-electron chi connectivity index (χ1n) is 8.00. The molecule has 0 amide bonds. The SMILES string of the molecule is C[C@@H](C#C[C@H](O)C1CCCCC1)O[Si](C)(C)C(C)(C)C. The highest BCUT2D eigenvalue weighted by Gasteiger charge is 2.38. The van der Waals surface area contributed by atoms with Crippen molar-refractivity contribution in [3.63, 3.8) is 0 Å². The van der Waals surface area contributed by atoms with Crippen LogP contribution in [0.3, 0.4) is 0 Å². The van der Waals surface area contributed by atoms with Crippen LogP contribution in [-0.2, 0) is 4.43 Å². The van der Waals surface area contributed by atoms with E-state index in [1.165, 1.54) is 19.3 Å². The van der Waals surface area contributed by atoms with Crippen molar-refractivity contribution in [2.24, 2.45) is 5.92 Å². The van der Waals surface area contributed by atoms with E-state index in [0.717, 1.165) is 12.8 Å². The van der Waals surface area contributed by atoms with E-state index in [1.807, 2.05) is 6.92 Å². The number of hydrogen-bond acceptors (Lipinski definition) is 2. The third kappa shape index (κ3) is 5.24.